The molecular weight excluding hydrogens is 715 g/mol. The van der Waals surface area contributed by atoms with E-state index in [2.05, 4.69) is 38.4 Å². The quantitative estimate of drug-likeness (QED) is 0.243. The van der Waals surface area contributed by atoms with Crippen LogP contribution in [-0.2, 0) is 19.2 Å². The summed E-state index contributed by atoms with van der Waals surface area (Å²) in [6, 6.07) is 8.47. The zero-order chi connectivity index (χ0) is 30.5. The van der Waals surface area contributed by atoms with Gasteiger partial charge >= 0.3 is 0 Å². The lowest BCUT2D eigenvalue weighted by Crippen LogP contribution is -2.60. The van der Waals surface area contributed by atoms with Crippen LogP contribution in [0.2, 0.25) is 0 Å². The van der Waals surface area contributed by atoms with Gasteiger partial charge in [0, 0.05) is 17.4 Å². The normalized spacial score (nSPS) is 32.0. The molecule has 2 aromatic rings. The fraction of sp³-hybridized carbons (Fsp3) is 0.333. The number of carbonyl (C=O) groups is 4. The molecule has 3 fully saturated rings. The van der Waals surface area contributed by atoms with Crippen molar-refractivity contribution < 1.29 is 29.0 Å². The molecule has 12 heteroatoms. The molecule has 4 aliphatic rings. The fourth-order valence-corrected chi connectivity index (χ4v) is 9.05. The van der Waals surface area contributed by atoms with Gasteiger partial charge in [-0.05, 0) is 79.9 Å². The average Bonchev–Trinajstić information content (AvgIpc) is 3.31. The number of halogens is 4. The van der Waals surface area contributed by atoms with E-state index in [0.29, 0.717) is 21.3 Å². The molecular formula is C30H24Br2Cl2N2O6. The van der Waals surface area contributed by atoms with Crippen molar-refractivity contribution in [1.82, 2.24) is 4.90 Å². The summed E-state index contributed by atoms with van der Waals surface area (Å²) < 4.78 is 6.02. The molecule has 218 valence electrons. The summed E-state index contributed by atoms with van der Waals surface area (Å²) >= 11 is 21.4. The largest absolute Gasteiger partial charge is 0.503 e. The van der Waals surface area contributed by atoms with Crippen molar-refractivity contribution in [2.75, 3.05) is 19.1 Å². The van der Waals surface area contributed by atoms with E-state index in [1.807, 2.05) is 6.08 Å². The second-order valence-corrected chi connectivity index (χ2v) is 13.8. The molecule has 42 heavy (non-hydrogen) atoms. The topological polar surface area (TPSA) is 104 Å². The maximum absolute atomic E-state index is 14.1. The van der Waals surface area contributed by atoms with Gasteiger partial charge in [-0.15, -0.1) is 23.2 Å². The number of fused-ring (bicyclic) bond motifs is 4. The number of phenols is 1. The van der Waals surface area contributed by atoms with Gasteiger partial charge in [0.25, 0.3) is 11.8 Å². The lowest BCUT2D eigenvalue weighted by molar-refractivity contribution is -0.138. The van der Waals surface area contributed by atoms with Gasteiger partial charge < -0.3 is 9.84 Å². The van der Waals surface area contributed by atoms with Crippen LogP contribution >= 0.6 is 55.1 Å². The Hall–Kier alpha value is -2.66. The number of carbonyl (C=O) groups excluding carboxylic acids is 4. The fourth-order valence-electron chi connectivity index (χ4n) is 7.08. The van der Waals surface area contributed by atoms with Crippen LogP contribution in [0, 0.1) is 17.8 Å². The molecule has 8 nitrogen and oxygen atoms in total. The van der Waals surface area contributed by atoms with E-state index in [0.717, 1.165) is 10.5 Å². The highest BCUT2D eigenvalue weighted by molar-refractivity contribution is 9.13. The number of ether oxygens (including phenoxy) is 1. The van der Waals surface area contributed by atoms with E-state index < -0.39 is 51.1 Å². The molecule has 2 aromatic carbocycles. The number of anilines is 1. The molecule has 2 heterocycles. The Kier molecular flexibility index (Phi) is 6.96. The highest BCUT2D eigenvalue weighted by Crippen LogP contribution is 2.66. The van der Waals surface area contributed by atoms with Crippen molar-refractivity contribution in [3.8, 4) is 11.5 Å². The Morgan fingerprint density at radius 2 is 1.71 bits per heavy atom. The molecule has 0 spiro atoms. The van der Waals surface area contributed by atoms with Gasteiger partial charge in [0.1, 0.15) is 0 Å². The predicted octanol–water partition coefficient (Wildman–Crippen LogP) is 5.76. The summed E-state index contributed by atoms with van der Waals surface area (Å²) in [7, 11) is 2.71. The third kappa shape index (κ3) is 3.64. The van der Waals surface area contributed by atoms with Crippen molar-refractivity contribution in [2.45, 2.75) is 28.5 Å². The van der Waals surface area contributed by atoms with Gasteiger partial charge in [0.15, 0.2) is 21.2 Å². The molecule has 0 aromatic heterocycles. The van der Waals surface area contributed by atoms with Crippen molar-refractivity contribution in [2.24, 2.45) is 17.8 Å². The Morgan fingerprint density at radius 3 is 2.33 bits per heavy atom. The third-order valence-corrected chi connectivity index (χ3v) is 12.7. The molecule has 6 unspecified atom stereocenters. The number of benzene rings is 2. The number of alkyl halides is 2. The predicted molar refractivity (Wildman–Crippen MR) is 165 cm³/mol. The van der Waals surface area contributed by atoms with E-state index >= 15 is 0 Å². The summed E-state index contributed by atoms with van der Waals surface area (Å²) in [5.74, 6) is -5.37. The van der Waals surface area contributed by atoms with E-state index in [9.17, 15) is 24.3 Å². The van der Waals surface area contributed by atoms with Crippen LogP contribution in [0.25, 0.3) is 6.08 Å². The average molecular weight is 739 g/mol. The number of nitrogens with zero attached hydrogens (tertiary/aromatic N) is 2. The maximum Gasteiger partial charge on any atom is 0.253 e. The first-order chi connectivity index (χ1) is 19.8. The number of likely N-dealkylation sites (tertiary alicyclic amines) is 1. The second kappa shape index (κ2) is 9.94. The third-order valence-electron chi connectivity index (χ3n) is 9.11. The van der Waals surface area contributed by atoms with Crippen molar-refractivity contribution in [1.29, 1.82) is 0 Å². The van der Waals surface area contributed by atoms with Crippen LogP contribution in [-0.4, -0.2) is 57.5 Å². The number of hydrogen-bond acceptors (Lipinski definition) is 6. The zero-order valence-corrected chi connectivity index (χ0v) is 27.1. The molecule has 6 rings (SSSR count). The van der Waals surface area contributed by atoms with Gasteiger partial charge in [0.05, 0.1) is 29.1 Å². The van der Waals surface area contributed by atoms with E-state index in [-0.39, 0.29) is 34.7 Å². The van der Waals surface area contributed by atoms with Crippen LogP contribution < -0.4 is 9.64 Å². The lowest BCUT2D eigenvalue weighted by Gasteiger charge is -2.51. The first-order valence-electron chi connectivity index (χ1n) is 13.1. The summed E-state index contributed by atoms with van der Waals surface area (Å²) in [4.78, 5) is 53.5. The summed E-state index contributed by atoms with van der Waals surface area (Å²) in [5, 5.41) is 10.6. The highest BCUT2D eigenvalue weighted by atomic mass is 79.9. The standard InChI is InChI=1S/C30H24Br2Cl2N2O6/c1-4-13-5-7-14(8-6-13)36-25(38)16-10-9-15-18(20(16)26(36)39)12-29(33)27(40)35(2)28(41)30(29,34)21(15)17-11-19(42-3)24(37)23(32)22(17)31/h4-9,11,16,18,20-21,37H,1,10,12H2,2-3H3. The Balaban J connectivity index is 1.54. The minimum absolute atomic E-state index is 0.100. The van der Waals surface area contributed by atoms with Crippen LogP contribution in [0.3, 0.4) is 0 Å². The van der Waals surface area contributed by atoms with Gasteiger partial charge in [-0.3, -0.25) is 29.0 Å². The van der Waals surface area contributed by atoms with Crippen LogP contribution in [0.4, 0.5) is 5.69 Å². The van der Waals surface area contributed by atoms with Crippen LogP contribution in [0.1, 0.15) is 29.9 Å². The first kappa shape index (κ1) is 29.4. The van der Waals surface area contributed by atoms with Crippen molar-refractivity contribution in [3.05, 3.63) is 68.6 Å². The lowest BCUT2D eigenvalue weighted by atomic mass is 9.56. The highest BCUT2D eigenvalue weighted by Gasteiger charge is 2.76. The molecule has 1 N–H and O–H groups in total. The number of allylic oxidation sites excluding steroid dienone is 2. The molecule has 4 amide bonds. The van der Waals surface area contributed by atoms with Crippen LogP contribution in [0.5, 0.6) is 11.5 Å². The minimum Gasteiger partial charge on any atom is -0.503 e. The van der Waals surface area contributed by atoms with Crippen molar-refractivity contribution in [3.63, 3.8) is 0 Å². The minimum atomic E-state index is -1.97. The zero-order valence-electron chi connectivity index (χ0n) is 22.4. The summed E-state index contributed by atoms with van der Waals surface area (Å²) in [5.41, 5.74) is 2.33. The molecule has 2 aliphatic heterocycles. The number of imide groups is 2. The number of hydrogen-bond donors (Lipinski definition) is 1. The molecule has 0 bridgehead atoms. The number of aromatic hydroxyl groups is 1. The Morgan fingerprint density at radius 1 is 1.05 bits per heavy atom. The Labute approximate surface area is 268 Å². The van der Waals surface area contributed by atoms with E-state index in [1.165, 1.54) is 25.1 Å². The Bertz CT molecular complexity index is 1650. The molecule has 1 saturated carbocycles. The number of methoxy groups -OCH3 is 1. The smallest absolute Gasteiger partial charge is 0.253 e. The second-order valence-electron chi connectivity index (χ2n) is 11.0. The van der Waals surface area contributed by atoms with E-state index in [1.54, 1.807) is 30.3 Å². The van der Waals surface area contributed by atoms with Gasteiger partial charge in [0.2, 0.25) is 11.8 Å². The van der Waals surface area contributed by atoms with Gasteiger partial charge in [-0.2, -0.15) is 0 Å². The van der Waals surface area contributed by atoms with Gasteiger partial charge in [-0.25, -0.2) is 0 Å². The molecule has 2 saturated heterocycles. The maximum atomic E-state index is 14.1. The molecule has 6 atom stereocenters. The summed E-state index contributed by atoms with van der Waals surface area (Å²) in [6.45, 7) is 3.75. The monoisotopic (exact) mass is 736 g/mol. The number of rotatable bonds is 4. The molecule has 2 aliphatic carbocycles. The van der Waals surface area contributed by atoms with Crippen LogP contribution in [0.15, 0.2) is 57.5 Å². The van der Waals surface area contributed by atoms with Crippen molar-refractivity contribution >= 4 is 90.5 Å². The SMILES string of the molecule is C=Cc1ccc(N2C(=O)C3CC=C4C(CC5(Cl)C(=O)N(C)C(=O)C5(Cl)C4c4cc(OC)c(O)c(Br)c4Br)C3C2=O)cc1. The first-order valence-corrected chi connectivity index (χ1v) is 15.4. The number of amides is 4. The molecule has 0 radical (unpaired) electrons. The summed E-state index contributed by atoms with van der Waals surface area (Å²) in [6.07, 6.45) is 3.63. The number of phenolic OH excluding ortho intramolecular Hbond substituents is 1. The van der Waals surface area contributed by atoms with E-state index in [4.69, 9.17) is 27.9 Å². The van der Waals surface area contributed by atoms with Gasteiger partial charge in [-0.1, -0.05) is 36.4 Å².